The number of likely N-dealkylation sites (tertiary alicyclic amines) is 1. The summed E-state index contributed by atoms with van der Waals surface area (Å²) in [5.41, 5.74) is 1.05. The van der Waals surface area contributed by atoms with E-state index in [0.717, 1.165) is 17.1 Å². The van der Waals surface area contributed by atoms with Gasteiger partial charge in [0, 0.05) is 25.8 Å². The number of H-pyrrole nitrogens is 1. The Labute approximate surface area is 151 Å². The predicted molar refractivity (Wildman–Crippen MR) is 95.2 cm³/mol. The van der Waals surface area contributed by atoms with Gasteiger partial charge in [-0.1, -0.05) is 12.1 Å². The SMILES string of the molecule is O=C(c1cc(S(=O)(=O)N2CCCc3cccc(F)c32)c[nH]1)N1CCCC1. The number of halogens is 1. The summed E-state index contributed by atoms with van der Waals surface area (Å²) in [5.74, 6) is -0.746. The molecule has 1 saturated heterocycles. The average Bonchev–Trinajstić information content (AvgIpc) is 3.33. The predicted octanol–water partition coefficient (Wildman–Crippen LogP) is 2.53. The fourth-order valence-corrected chi connectivity index (χ4v) is 5.21. The second-order valence-electron chi connectivity index (χ2n) is 6.68. The normalized spacial score (nSPS) is 17.4. The molecule has 0 saturated carbocycles. The fourth-order valence-electron chi connectivity index (χ4n) is 3.67. The first-order chi connectivity index (χ1) is 12.5. The number of nitrogens with zero attached hydrogens (tertiary/aromatic N) is 2. The zero-order valence-electron chi connectivity index (χ0n) is 14.2. The molecule has 0 spiro atoms. The lowest BCUT2D eigenvalue weighted by Gasteiger charge is -2.30. The van der Waals surface area contributed by atoms with Gasteiger partial charge < -0.3 is 9.88 Å². The van der Waals surface area contributed by atoms with Crippen molar-refractivity contribution in [2.24, 2.45) is 0 Å². The first-order valence-electron chi connectivity index (χ1n) is 8.76. The molecule has 1 fully saturated rings. The van der Waals surface area contributed by atoms with E-state index in [4.69, 9.17) is 0 Å². The number of sulfonamides is 1. The number of amides is 1. The van der Waals surface area contributed by atoms with Crippen LogP contribution in [0.3, 0.4) is 0 Å². The molecule has 0 atom stereocenters. The molecule has 138 valence electrons. The first-order valence-corrected chi connectivity index (χ1v) is 10.2. The molecule has 2 aliphatic rings. The molecule has 0 radical (unpaired) electrons. The number of anilines is 1. The maximum absolute atomic E-state index is 14.3. The summed E-state index contributed by atoms with van der Waals surface area (Å²) in [5, 5.41) is 0. The lowest BCUT2D eigenvalue weighted by molar-refractivity contribution is 0.0787. The van der Waals surface area contributed by atoms with Crippen molar-refractivity contribution in [3.05, 3.63) is 47.5 Å². The van der Waals surface area contributed by atoms with Crippen LogP contribution < -0.4 is 4.31 Å². The molecular weight excluding hydrogens is 357 g/mol. The number of hydrogen-bond donors (Lipinski definition) is 1. The summed E-state index contributed by atoms with van der Waals surface area (Å²) < 4.78 is 41.6. The third-order valence-electron chi connectivity index (χ3n) is 5.00. The molecule has 6 nitrogen and oxygen atoms in total. The van der Waals surface area contributed by atoms with Gasteiger partial charge >= 0.3 is 0 Å². The highest BCUT2D eigenvalue weighted by Gasteiger charge is 2.33. The van der Waals surface area contributed by atoms with Gasteiger partial charge in [0.25, 0.3) is 15.9 Å². The Morgan fingerprint density at radius 2 is 1.88 bits per heavy atom. The van der Waals surface area contributed by atoms with Crippen molar-refractivity contribution in [3.63, 3.8) is 0 Å². The molecule has 3 heterocycles. The highest BCUT2D eigenvalue weighted by atomic mass is 32.2. The fraction of sp³-hybridized carbons (Fsp3) is 0.389. The van der Waals surface area contributed by atoms with Gasteiger partial charge in [-0.15, -0.1) is 0 Å². The summed E-state index contributed by atoms with van der Waals surface area (Å²) in [6, 6.07) is 5.96. The number of carbonyl (C=O) groups excluding carboxylic acids is 1. The maximum Gasteiger partial charge on any atom is 0.270 e. The largest absolute Gasteiger partial charge is 0.356 e. The van der Waals surface area contributed by atoms with Gasteiger partial charge in [-0.25, -0.2) is 12.8 Å². The van der Waals surface area contributed by atoms with Gasteiger partial charge in [-0.3, -0.25) is 9.10 Å². The van der Waals surface area contributed by atoms with Crippen LogP contribution in [0, 0.1) is 5.82 Å². The number of aromatic nitrogens is 1. The molecule has 1 aromatic carbocycles. The summed E-state index contributed by atoms with van der Waals surface area (Å²) >= 11 is 0. The smallest absolute Gasteiger partial charge is 0.270 e. The second-order valence-corrected chi connectivity index (χ2v) is 8.54. The lowest BCUT2D eigenvalue weighted by atomic mass is 10.0. The summed E-state index contributed by atoms with van der Waals surface area (Å²) in [4.78, 5) is 16.9. The Balaban J connectivity index is 1.68. The maximum atomic E-state index is 14.3. The molecular formula is C18H20FN3O3S. The van der Waals surface area contributed by atoms with E-state index in [1.165, 1.54) is 18.3 Å². The monoisotopic (exact) mass is 377 g/mol. The van der Waals surface area contributed by atoms with Crippen LogP contribution in [0.2, 0.25) is 0 Å². The summed E-state index contributed by atoms with van der Waals surface area (Å²) in [6.07, 6.45) is 4.50. The van der Waals surface area contributed by atoms with Crippen molar-refractivity contribution in [2.45, 2.75) is 30.6 Å². The number of nitrogens with one attached hydrogen (secondary N) is 1. The third-order valence-corrected chi connectivity index (χ3v) is 6.77. The van der Waals surface area contributed by atoms with Crippen LogP contribution in [0.15, 0.2) is 35.4 Å². The van der Waals surface area contributed by atoms with E-state index in [9.17, 15) is 17.6 Å². The average molecular weight is 377 g/mol. The topological polar surface area (TPSA) is 73.5 Å². The van der Waals surface area contributed by atoms with E-state index in [1.807, 2.05) is 0 Å². The minimum atomic E-state index is -3.94. The Kier molecular flexibility index (Phi) is 4.22. The van der Waals surface area contributed by atoms with Gasteiger partial charge in [0.15, 0.2) is 0 Å². The number of fused-ring (bicyclic) bond motifs is 1. The summed E-state index contributed by atoms with van der Waals surface area (Å²) in [6.45, 7) is 1.59. The molecule has 4 rings (SSSR count). The van der Waals surface area contributed by atoms with E-state index >= 15 is 0 Å². The molecule has 26 heavy (non-hydrogen) atoms. The molecule has 2 aromatic rings. The highest BCUT2D eigenvalue weighted by Crippen LogP contribution is 2.34. The lowest BCUT2D eigenvalue weighted by Crippen LogP contribution is -2.36. The molecule has 8 heteroatoms. The zero-order valence-corrected chi connectivity index (χ0v) is 15.1. The highest BCUT2D eigenvalue weighted by molar-refractivity contribution is 7.92. The van der Waals surface area contributed by atoms with Gasteiger partial charge in [-0.2, -0.15) is 0 Å². The van der Waals surface area contributed by atoms with Gasteiger partial charge in [0.05, 0.1) is 5.69 Å². The number of carbonyl (C=O) groups is 1. The number of para-hydroxylation sites is 1. The van der Waals surface area contributed by atoms with Crippen molar-refractivity contribution in [3.8, 4) is 0 Å². The van der Waals surface area contributed by atoms with Crippen LogP contribution in [0.5, 0.6) is 0 Å². The van der Waals surface area contributed by atoms with E-state index in [1.54, 1.807) is 17.0 Å². The standard InChI is InChI=1S/C18H20FN3O3S/c19-15-7-3-5-13-6-4-10-22(17(13)15)26(24,25)14-11-16(20-12-14)18(23)21-8-1-2-9-21/h3,5,7,11-12,20H,1-2,4,6,8-10H2. The zero-order chi connectivity index (χ0) is 18.3. The number of hydrogen-bond acceptors (Lipinski definition) is 3. The Hall–Kier alpha value is -2.35. The van der Waals surface area contributed by atoms with Crippen LogP contribution >= 0.6 is 0 Å². The van der Waals surface area contributed by atoms with Crippen LogP contribution in [0.25, 0.3) is 0 Å². The van der Waals surface area contributed by atoms with E-state index < -0.39 is 15.8 Å². The molecule has 1 amide bonds. The van der Waals surface area contributed by atoms with Crippen LogP contribution in [0.4, 0.5) is 10.1 Å². The number of aryl methyl sites for hydroxylation is 1. The van der Waals surface area contributed by atoms with Crippen LogP contribution in [-0.4, -0.2) is 43.8 Å². The quantitative estimate of drug-likeness (QED) is 0.893. The Bertz CT molecular complexity index is 948. The van der Waals surface area contributed by atoms with Crippen LogP contribution in [0.1, 0.15) is 35.3 Å². The minimum Gasteiger partial charge on any atom is -0.356 e. The molecule has 0 aliphatic carbocycles. The second kappa shape index (κ2) is 6.42. The molecule has 1 N–H and O–H groups in total. The van der Waals surface area contributed by atoms with Crippen LogP contribution in [-0.2, 0) is 16.4 Å². The third kappa shape index (κ3) is 2.78. The molecule has 0 unspecified atom stereocenters. The van der Waals surface area contributed by atoms with Crippen molar-refractivity contribution in [1.29, 1.82) is 0 Å². The summed E-state index contributed by atoms with van der Waals surface area (Å²) in [7, 11) is -3.94. The van der Waals surface area contributed by atoms with E-state index in [2.05, 4.69) is 4.98 Å². The van der Waals surface area contributed by atoms with Crippen molar-refractivity contribution in [1.82, 2.24) is 9.88 Å². The molecule has 0 bridgehead atoms. The van der Waals surface area contributed by atoms with Crippen molar-refractivity contribution >= 4 is 21.6 Å². The number of benzene rings is 1. The Morgan fingerprint density at radius 3 is 2.65 bits per heavy atom. The van der Waals surface area contributed by atoms with E-state index in [-0.39, 0.29) is 28.7 Å². The number of rotatable bonds is 3. The molecule has 1 aromatic heterocycles. The van der Waals surface area contributed by atoms with E-state index in [0.29, 0.717) is 31.5 Å². The Morgan fingerprint density at radius 1 is 1.12 bits per heavy atom. The van der Waals surface area contributed by atoms with Crippen molar-refractivity contribution in [2.75, 3.05) is 23.9 Å². The van der Waals surface area contributed by atoms with Gasteiger partial charge in [0.2, 0.25) is 0 Å². The first kappa shape index (κ1) is 17.1. The van der Waals surface area contributed by atoms with Gasteiger partial charge in [0.1, 0.15) is 16.4 Å². The molecule has 2 aliphatic heterocycles. The number of aromatic amines is 1. The van der Waals surface area contributed by atoms with Crippen molar-refractivity contribution < 1.29 is 17.6 Å². The minimum absolute atomic E-state index is 0.0175. The van der Waals surface area contributed by atoms with Gasteiger partial charge in [-0.05, 0) is 43.4 Å².